The zero-order chi connectivity index (χ0) is 10.7. The topological polar surface area (TPSA) is 63.3 Å². The van der Waals surface area contributed by atoms with Crippen molar-refractivity contribution < 1.29 is 14.3 Å². The second-order valence-electron chi connectivity index (χ2n) is 3.16. The van der Waals surface area contributed by atoms with Crippen molar-refractivity contribution in [3.05, 3.63) is 35.1 Å². The lowest BCUT2D eigenvalue weighted by Crippen LogP contribution is -2.16. The van der Waals surface area contributed by atoms with E-state index in [4.69, 9.17) is 10.8 Å². The van der Waals surface area contributed by atoms with Crippen molar-refractivity contribution in [1.82, 2.24) is 0 Å². The summed E-state index contributed by atoms with van der Waals surface area (Å²) < 4.78 is 13.1. The number of carbonyl (C=O) groups is 1. The van der Waals surface area contributed by atoms with Crippen molar-refractivity contribution in [3.8, 4) is 0 Å². The lowest BCUT2D eigenvalue weighted by Gasteiger charge is -2.12. The van der Waals surface area contributed by atoms with Gasteiger partial charge in [-0.05, 0) is 24.1 Å². The predicted octanol–water partition coefficient (Wildman–Crippen LogP) is 1.61. The number of nitrogens with two attached hydrogens (primary N) is 1. The van der Waals surface area contributed by atoms with Crippen LogP contribution >= 0.6 is 0 Å². The van der Waals surface area contributed by atoms with Crippen molar-refractivity contribution >= 4 is 5.97 Å². The van der Waals surface area contributed by atoms with Gasteiger partial charge in [0, 0.05) is 6.04 Å². The first-order chi connectivity index (χ1) is 6.52. The second-order valence-corrected chi connectivity index (χ2v) is 3.16. The molecule has 4 heteroatoms. The van der Waals surface area contributed by atoms with Crippen molar-refractivity contribution in [3.63, 3.8) is 0 Å². The van der Waals surface area contributed by atoms with Gasteiger partial charge in [0.2, 0.25) is 0 Å². The highest BCUT2D eigenvalue weighted by molar-refractivity contribution is 5.68. The molecule has 1 aromatic carbocycles. The molecule has 0 amide bonds. The number of carboxylic acids is 1. The summed E-state index contributed by atoms with van der Waals surface area (Å²) in [6, 6.07) is 3.85. The van der Waals surface area contributed by atoms with E-state index >= 15 is 0 Å². The fourth-order valence-corrected chi connectivity index (χ4v) is 1.32. The van der Waals surface area contributed by atoms with Gasteiger partial charge >= 0.3 is 5.97 Å². The number of carboxylic acid groups (broad SMARTS) is 1. The number of hydrogen-bond donors (Lipinski definition) is 2. The van der Waals surface area contributed by atoms with E-state index < -0.39 is 12.0 Å². The highest BCUT2D eigenvalue weighted by Crippen LogP contribution is 2.20. The lowest BCUT2D eigenvalue weighted by molar-refractivity contribution is -0.137. The van der Waals surface area contributed by atoms with Crippen LogP contribution in [0.15, 0.2) is 18.2 Å². The van der Waals surface area contributed by atoms with Gasteiger partial charge in [-0.3, -0.25) is 4.79 Å². The smallest absolute Gasteiger partial charge is 0.305 e. The molecule has 1 aromatic rings. The Balaban J connectivity index is 2.95. The van der Waals surface area contributed by atoms with Crippen LogP contribution in [0.2, 0.25) is 0 Å². The molecule has 0 aliphatic rings. The van der Waals surface area contributed by atoms with Crippen LogP contribution in [-0.4, -0.2) is 11.1 Å². The quantitative estimate of drug-likeness (QED) is 0.773. The number of benzene rings is 1. The Bertz CT molecular complexity index is 352. The Labute approximate surface area is 81.4 Å². The van der Waals surface area contributed by atoms with Crippen LogP contribution < -0.4 is 5.73 Å². The van der Waals surface area contributed by atoms with E-state index in [1.54, 1.807) is 13.0 Å². The Hall–Kier alpha value is -1.42. The number of halogens is 1. The fraction of sp³-hybridized carbons (Fsp3) is 0.300. The minimum atomic E-state index is -0.985. The third-order valence-electron chi connectivity index (χ3n) is 2.10. The molecule has 0 heterocycles. The lowest BCUT2D eigenvalue weighted by atomic mass is 9.99. The predicted molar refractivity (Wildman–Crippen MR) is 50.3 cm³/mol. The maximum absolute atomic E-state index is 13.1. The van der Waals surface area contributed by atoms with Crippen LogP contribution in [0.3, 0.4) is 0 Å². The minimum absolute atomic E-state index is 0.190. The molecular weight excluding hydrogens is 185 g/mol. The molecule has 0 saturated carbocycles. The van der Waals surface area contributed by atoms with Gasteiger partial charge in [0.05, 0.1) is 6.42 Å². The molecule has 0 saturated heterocycles. The Morgan fingerprint density at radius 3 is 2.86 bits per heavy atom. The van der Waals surface area contributed by atoms with E-state index in [0.717, 1.165) is 0 Å². The zero-order valence-electron chi connectivity index (χ0n) is 7.83. The van der Waals surface area contributed by atoms with Gasteiger partial charge in [0.25, 0.3) is 0 Å². The monoisotopic (exact) mass is 197 g/mol. The second kappa shape index (κ2) is 4.19. The van der Waals surface area contributed by atoms with E-state index in [2.05, 4.69) is 0 Å². The third-order valence-corrected chi connectivity index (χ3v) is 2.10. The van der Waals surface area contributed by atoms with Gasteiger partial charge in [0.1, 0.15) is 5.82 Å². The summed E-state index contributed by atoms with van der Waals surface area (Å²) in [5.74, 6) is -1.34. The Morgan fingerprint density at radius 1 is 1.64 bits per heavy atom. The molecule has 1 rings (SSSR count). The van der Waals surface area contributed by atoms with E-state index in [9.17, 15) is 9.18 Å². The van der Waals surface area contributed by atoms with Gasteiger partial charge in [-0.25, -0.2) is 4.39 Å². The highest BCUT2D eigenvalue weighted by Gasteiger charge is 2.14. The summed E-state index contributed by atoms with van der Waals surface area (Å²) in [6.07, 6.45) is -0.190. The summed E-state index contributed by atoms with van der Waals surface area (Å²) in [5.41, 5.74) is 6.58. The van der Waals surface area contributed by atoms with Crippen molar-refractivity contribution in [1.29, 1.82) is 0 Å². The summed E-state index contributed by atoms with van der Waals surface area (Å²) in [4.78, 5) is 10.4. The standard InChI is InChI=1S/C10H12FNO2/c1-6-7(3-2-4-8(6)11)9(12)5-10(13)14/h2-4,9H,5,12H2,1H3,(H,13,14)/t9-/m0/s1. The average Bonchev–Trinajstić information content (AvgIpc) is 2.08. The molecule has 0 aromatic heterocycles. The van der Waals surface area contributed by atoms with Crippen molar-refractivity contribution in [2.24, 2.45) is 5.73 Å². The van der Waals surface area contributed by atoms with Crippen molar-refractivity contribution in [2.75, 3.05) is 0 Å². The first kappa shape index (κ1) is 10.7. The van der Waals surface area contributed by atoms with Gasteiger partial charge in [-0.1, -0.05) is 12.1 Å². The highest BCUT2D eigenvalue weighted by atomic mass is 19.1. The SMILES string of the molecule is Cc1c(F)cccc1[C@@H](N)CC(=O)O. The van der Waals surface area contributed by atoms with Crippen LogP contribution in [0, 0.1) is 12.7 Å². The number of hydrogen-bond acceptors (Lipinski definition) is 2. The van der Waals surface area contributed by atoms with Gasteiger partial charge in [0.15, 0.2) is 0 Å². The molecule has 14 heavy (non-hydrogen) atoms. The Morgan fingerprint density at radius 2 is 2.29 bits per heavy atom. The molecule has 0 radical (unpaired) electrons. The molecule has 1 atom stereocenters. The Kier molecular flexibility index (Phi) is 3.19. The van der Waals surface area contributed by atoms with Gasteiger partial charge in [-0.2, -0.15) is 0 Å². The normalized spacial score (nSPS) is 12.5. The van der Waals surface area contributed by atoms with Crippen LogP contribution in [0.4, 0.5) is 4.39 Å². The number of aliphatic carboxylic acids is 1. The first-order valence-electron chi connectivity index (χ1n) is 4.24. The largest absolute Gasteiger partial charge is 0.481 e. The van der Waals surface area contributed by atoms with Crippen LogP contribution in [0.25, 0.3) is 0 Å². The fourth-order valence-electron chi connectivity index (χ4n) is 1.32. The van der Waals surface area contributed by atoms with Crippen LogP contribution in [-0.2, 0) is 4.79 Å². The number of rotatable bonds is 3. The molecule has 76 valence electrons. The van der Waals surface area contributed by atoms with Crippen molar-refractivity contribution in [2.45, 2.75) is 19.4 Å². The molecule has 0 spiro atoms. The average molecular weight is 197 g/mol. The maximum Gasteiger partial charge on any atom is 0.305 e. The van der Waals surface area contributed by atoms with Gasteiger partial charge in [-0.15, -0.1) is 0 Å². The molecule has 0 bridgehead atoms. The van der Waals surface area contributed by atoms with E-state index in [-0.39, 0.29) is 12.2 Å². The molecule has 0 aliphatic heterocycles. The molecule has 3 N–H and O–H groups in total. The van der Waals surface area contributed by atoms with Crippen LogP contribution in [0.5, 0.6) is 0 Å². The first-order valence-corrected chi connectivity index (χ1v) is 4.24. The molecule has 0 fully saturated rings. The maximum atomic E-state index is 13.1. The summed E-state index contributed by atoms with van der Waals surface area (Å²) in [5, 5.41) is 8.53. The molecule has 3 nitrogen and oxygen atoms in total. The summed E-state index contributed by atoms with van der Waals surface area (Å²) in [6.45, 7) is 1.59. The minimum Gasteiger partial charge on any atom is -0.481 e. The van der Waals surface area contributed by atoms with Gasteiger partial charge < -0.3 is 10.8 Å². The van der Waals surface area contributed by atoms with Crippen LogP contribution in [0.1, 0.15) is 23.6 Å². The zero-order valence-corrected chi connectivity index (χ0v) is 7.83. The molecule has 0 unspecified atom stereocenters. The van der Waals surface area contributed by atoms with E-state index in [0.29, 0.717) is 11.1 Å². The third kappa shape index (κ3) is 2.29. The summed E-state index contributed by atoms with van der Waals surface area (Å²) in [7, 11) is 0. The summed E-state index contributed by atoms with van der Waals surface area (Å²) >= 11 is 0. The molecular formula is C10H12FNO2. The van der Waals surface area contributed by atoms with E-state index in [1.807, 2.05) is 0 Å². The molecule has 0 aliphatic carbocycles. The van der Waals surface area contributed by atoms with E-state index in [1.165, 1.54) is 12.1 Å².